The fraction of sp³-hybridized carbons (Fsp3) is 0.464. The van der Waals surface area contributed by atoms with E-state index in [1.807, 2.05) is 0 Å². The summed E-state index contributed by atoms with van der Waals surface area (Å²) in [7, 11) is 0. The first-order chi connectivity index (χ1) is 20.2. The maximum atomic E-state index is 13.3. The largest absolute Gasteiger partial charge is 0.508 e. The van der Waals surface area contributed by atoms with Crippen molar-refractivity contribution in [3.05, 3.63) is 40.6 Å². The molecule has 236 valence electrons. The zero-order chi connectivity index (χ0) is 31.7. The number of rotatable bonds is 10. The Balaban J connectivity index is 1.52. The van der Waals surface area contributed by atoms with Crippen LogP contribution in [0.1, 0.15) is 19.8 Å². The minimum Gasteiger partial charge on any atom is -0.508 e. The fourth-order valence-electron chi connectivity index (χ4n) is 4.90. The van der Waals surface area contributed by atoms with Crippen LogP contribution in [0, 0.1) is 5.92 Å². The molecule has 1 heterocycles. The first kappa shape index (κ1) is 32.2. The molecule has 1 aliphatic rings. The van der Waals surface area contributed by atoms with E-state index in [9.17, 15) is 61.0 Å². The number of benzene rings is 2. The van der Waals surface area contributed by atoms with Crippen LogP contribution in [0.2, 0.25) is 0 Å². The average Bonchev–Trinajstić information content (AvgIpc) is 2.95. The minimum absolute atomic E-state index is 0.0663. The lowest BCUT2D eigenvalue weighted by Gasteiger charge is -2.39. The molecule has 15 nitrogen and oxygen atoms in total. The maximum absolute atomic E-state index is 13.3. The summed E-state index contributed by atoms with van der Waals surface area (Å²) in [5.74, 6) is -3.94. The topological polar surface area (TPSA) is 271 Å². The van der Waals surface area contributed by atoms with Gasteiger partial charge in [0.15, 0.2) is 17.3 Å². The predicted molar refractivity (Wildman–Crippen MR) is 145 cm³/mol. The SMILES string of the molecule is C[C@@H]1C[C@@H](OCC[C@@H](O)C(O)[C@@H](O)[C@@H](O)Oc2c(-c3ccc(O)c(O)c3)oc3cc(O)cc(O)c3c2=O)[C@H](O)[C@@H](O)[C@H]1O. The molecule has 9 atom stereocenters. The van der Waals surface area contributed by atoms with Crippen LogP contribution in [-0.2, 0) is 4.74 Å². The molecule has 1 fully saturated rings. The molecule has 11 N–H and O–H groups in total. The summed E-state index contributed by atoms with van der Waals surface area (Å²) < 4.78 is 16.4. The molecule has 1 saturated carbocycles. The quantitative estimate of drug-likeness (QED) is 0.0966. The second-order valence-electron chi connectivity index (χ2n) is 10.6. The van der Waals surface area contributed by atoms with Crippen molar-refractivity contribution in [3.8, 4) is 40.1 Å². The Labute approximate surface area is 243 Å². The molecule has 1 aliphatic carbocycles. The molecular weight excluding hydrogens is 576 g/mol. The van der Waals surface area contributed by atoms with Gasteiger partial charge in [-0.2, -0.15) is 0 Å². The lowest BCUT2D eigenvalue weighted by atomic mass is 9.82. The lowest BCUT2D eigenvalue weighted by molar-refractivity contribution is -0.180. The number of hydrogen-bond donors (Lipinski definition) is 11. The van der Waals surface area contributed by atoms with Crippen LogP contribution in [0.4, 0.5) is 0 Å². The molecule has 0 spiro atoms. The maximum Gasteiger partial charge on any atom is 0.239 e. The van der Waals surface area contributed by atoms with Gasteiger partial charge in [-0.1, -0.05) is 6.92 Å². The highest BCUT2D eigenvalue weighted by Gasteiger charge is 2.41. The number of aliphatic hydroxyl groups excluding tert-OH is 7. The highest BCUT2D eigenvalue weighted by molar-refractivity contribution is 5.88. The van der Waals surface area contributed by atoms with Crippen molar-refractivity contribution < 1.29 is 70.1 Å². The Kier molecular flexibility index (Phi) is 9.68. The van der Waals surface area contributed by atoms with Crippen molar-refractivity contribution in [1.29, 1.82) is 0 Å². The van der Waals surface area contributed by atoms with Crippen molar-refractivity contribution in [2.24, 2.45) is 5.92 Å². The van der Waals surface area contributed by atoms with E-state index in [0.717, 1.165) is 24.3 Å². The van der Waals surface area contributed by atoms with Crippen LogP contribution < -0.4 is 10.2 Å². The monoisotopic (exact) mass is 610 g/mol. The number of hydrogen-bond acceptors (Lipinski definition) is 15. The predicted octanol–water partition coefficient (Wildman–Crippen LogP) is -1.04. The Morgan fingerprint density at radius 2 is 1.58 bits per heavy atom. The minimum atomic E-state index is -2.37. The molecule has 43 heavy (non-hydrogen) atoms. The van der Waals surface area contributed by atoms with E-state index >= 15 is 0 Å². The molecule has 0 saturated heterocycles. The zero-order valence-corrected chi connectivity index (χ0v) is 22.8. The van der Waals surface area contributed by atoms with Crippen molar-refractivity contribution in [1.82, 2.24) is 0 Å². The number of aliphatic hydroxyl groups is 7. The van der Waals surface area contributed by atoms with Gasteiger partial charge in [-0.25, -0.2) is 0 Å². The summed E-state index contributed by atoms with van der Waals surface area (Å²) in [5.41, 5.74) is -1.46. The molecule has 4 rings (SSSR count). The van der Waals surface area contributed by atoms with E-state index in [0.29, 0.717) is 0 Å². The third-order valence-corrected chi connectivity index (χ3v) is 7.44. The fourth-order valence-corrected chi connectivity index (χ4v) is 4.90. The van der Waals surface area contributed by atoms with E-state index in [1.54, 1.807) is 6.92 Å². The van der Waals surface area contributed by atoms with Gasteiger partial charge in [0.05, 0.1) is 18.3 Å². The molecule has 0 radical (unpaired) electrons. The summed E-state index contributed by atoms with van der Waals surface area (Å²) in [6.07, 6.45) is -13.3. The van der Waals surface area contributed by atoms with Gasteiger partial charge in [0.25, 0.3) is 0 Å². The van der Waals surface area contributed by atoms with Gasteiger partial charge in [0.2, 0.25) is 17.5 Å². The number of fused-ring (bicyclic) bond motifs is 1. The Hall–Kier alpha value is -3.67. The number of aromatic hydroxyl groups is 4. The van der Waals surface area contributed by atoms with Crippen LogP contribution in [0.5, 0.6) is 28.7 Å². The summed E-state index contributed by atoms with van der Waals surface area (Å²) in [5, 5.41) is 111. The molecule has 3 aromatic rings. The smallest absolute Gasteiger partial charge is 0.239 e. The second kappa shape index (κ2) is 12.9. The molecule has 1 aromatic heterocycles. The summed E-state index contributed by atoms with van der Waals surface area (Å²) in [4.78, 5) is 13.3. The summed E-state index contributed by atoms with van der Waals surface area (Å²) in [6, 6.07) is 5.10. The van der Waals surface area contributed by atoms with Gasteiger partial charge in [0, 0.05) is 24.3 Å². The summed E-state index contributed by atoms with van der Waals surface area (Å²) >= 11 is 0. The highest BCUT2D eigenvalue weighted by Crippen LogP contribution is 2.38. The lowest BCUT2D eigenvalue weighted by Crippen LogP contribution is -2.53. The standard InChI is InChI=1S/C28H34O15/c1-10-6-18(22(36)24(38)20(10)34)41-5-4-14(31)21(35)25(39)28(40)43-27-23(37)19-16(33)8-12(29)9-17(19)42-26(27)11-2-3-13(30)15(32)7-11/h2-3,7-10,14,18,20-22,24-25,28-36,38-40H,4-6H2,1H3/t10-,14-,18-,20+,21?,22+,24+,25-,28+/m1/s1. The van der Waals surface area contributed by atoms with E-state index in [1.165, 1.54) is 6.07 Å². The van der Waals surface area contributed by atoms with Crippen molar-refractivity contribution >= 4 is 11.0 Å². The third-order valence-electron chi connectivity index (χ3n) is 7.44. The first-order valence-electron chi connectivity index (χ1n) is 13.3. The van der Waals surface area contributed by atoms with Gasteiger partial charge in [-0.05, 0) is 37.0 Å². The van der Waals surface area contributed by atoms with Gasteiger partial charge in [-0.3, -0.25) is 4.79 Å². The Morgan fingerprint density at radius 3 is 2.26 bits per heavy atom. The van der Waals surface area contributed by atoms with Gasteiger partial charge in [0.1, 0.15) is 46.9 Å². The Bertz CT molecular complexity index is 1490. The number of phenols is 4. The first-order valence-corrected chi connectivity index (χ1v) is 13.3. The normalized spacial score (nSPS) is 25.3. The molecule has 1 unspecified atom stereocenters. The van der Waals surface area contributed by atoms with Crippen molar-refractivity contribution in [3.63, 3.8) is 0 Å². The van der Waals surface area contributed by atoms with Crippen LogP contribution in [-0.4, -0.2) is 112 Å². The summed E-state index contributed by atoms with van der Waals surface area (Å²) in [6.45, 7) is 1.40. The van der Waals surface area contributed by atoms with Crippen molar-refractivity contribution in [2.45, 2.75) is 68.8 Å². The number of ether oxygens (including phenoxy) is 2. The molecular formula is C28H34O15. The second-order valence-corrected chi connectivity index (χ2v) is 10.6. The Morgan fingerprint density at radius 1 is 0.884 bits per heavy atom. The number of phenolic OH excluding ortho intramolecular Hbond substituents is 4. The molecule has 0 aliphatic heterocycles. The zero-order valence-electron chi connectivity index (χ0n) is 22.8. The molecule has 15 heteroatoms. The van der Waals surface area contributed by atoms with Gasteiger partial charge in [-0.15, -0.1) is 0 Å². The van der Waals surface area contributed by atoms with E-state index in [2.05, 4.69) is 0 Å². The van der Waals surface area contributed by atoms with Crippen LogP contribution in [0.25, 0.3) is 22.3 Å². The molecule has 0 amide bonds. The van der Waals surface area contributed by atoms with Crippen LogP contribution in [0.3, 0.4) is 0 Å². The van der Waals surface area contributed by atoms with Gasteiger partial charge >= 0.3 is 0 Å². The van der Waals surface area contributed by atoms with E-state index in [-0.39, 0.29) is 36.5 Å². The average molecular weight is 611 g/mol. The van der Waals surface area contributed by atoms with Crippen molar-refractivity contribution in [2.75, 3.05) is 6.61 Å². The van der Waals surface area contributed by atoms with E-state index < -0.39 is 94.3 Å². The highest BCUT2D eigenvalue weighted by atomic mass is 16.6. The van der Waals surface area contributed by atoms with Crippen LogP contribution >= 0.6 is 0 Å². The van der Waals surface area contributed by atoms with Gasteiger partial charge < -0.3 is 70.1 Å². The molecule has 2 aromatic carbocycles. The van der Waals surface area contributed by atoms with Crippen LogP contribution in [0.15, 0.2) is 39.5 Å². The third kappa shape index (κ3) is 6.63. The molecule has 0 bridgehead atoms. The van der Waals surface area contributed by atoms with E-state index in [4.69, 9.17) is 13.9 Å².